The Hall–Kier alpha value is -0.526. The van der Waals surface area contributed by atoms with E-state index < -0.39 is 17.8 Å². The number of rotatable bonds is 13. The Morgan fingerprint density at radius 2 is 1.62 bits per heavy atom. The van der Waals surface area contributed by atoms with E-state index in [1.807, 2.05) is 6.92 Å². The van der Waals surface area contributed by atoms with Gasteiger partial charge in [0.05, 0.1) is 0 Å². The fraction of sp³-hybridized carbons (Fsp3) is 0.556. The van der Waals surface area contributed by atoms with Gasteiger partial charge in [-0.2, -0.15) is 0 Å². The molecule has 0 aromatic heterocycles. The van der Waals surface area contributed by atoms with E-state index in [-0.39, 0.29) is 0 Å². The second kappa shape index (κ2) is 11.9. The van der Waals surface area contributed by atoms with Crippen molar-refractivity contribution >= 4 is 5.57 Å². The molecule has 0 aliphatic rings. The summed E-state index contributed by atoms with van der Waals surface area (Å²) in [5.41, 5.74) is 3.64. The van der Waals surface area contributed by atoms with Gasteiger partial charge in [-0.25, -0.2) is 0 Å². The van der Waals surface area contributed by atoms with Gasteiger partial charge in [0.1, 0.15) is 0 Å². The van der Waals surface area contributed by atoms with Crippen molar-refractivity contribution in [2.75, 3.05) is 41.0 Å². The molecule has 0 spiro atoms. The van der Waals surface area contributed by atoms with Crippen LogP contribution in [-0.4, -0.2) is 41.0 Å². The molecule has 24 heavy (non-hydrogen) atoms. The van der Waals surface area contributed by atoms with Crippen molar-refractivity contribution in [1.29, 1.82) is 0 Å². The molecule has 0 heterocycles. The maximum absolute atomic E-state index is 5.46. The molecule has 0 fully saturated rings. The third-order valence-corrected chi connectivity index (χ3v) is 8.46. The molecule has 0 radical (unpaired) electrons. The number of benzene rings is 1. The standard InChI is InChI=1S/C15H23N2.3CH3O.Ti/c1-4-9-16-10-11-17-12-14-7-5-6-8-15(14)13(2)3;3*1-2;/h5-8,16-17H,1-2,4,9-12H2,3H3;3*1H3;/q;3*-1;+3. The van der Waals surface area contributed by atoms with Gasteiger partial charge >= 0.3 is 151 Å². The molecule has 0 bridgehead atoms. The molecule has 0 atom stereocenters. The van der Waals surface area contributed by atoms with Gasteiger partial charge < -0.3 is 0 Å². The topological polar surface area (TPSA) is 51.8 Å². The number of allylic oxidation sites excluding steroid dienone is 1. The van der Waals surface area contributed by atoms with Crippen LogP contribution in [0.15, 0.2) is 30.8 Å². The molecular formula is C18H32N2O3Ti. The van der Waals surface area contributed by atoms with Crippen LogP contribution in [0.3, 0.4) is 0 Å². The van der Waals surface area contributed by atoms with E-state index in [9.17, 15) is 0 Å². The number of hydrogen-bond donors (Lipinski definition) is 2. The molecule has 2 N–H and O–H groups in total. The predicted molar refractivity (Wildman–Crippen MR) is 96.2 cm³/mol. The Morgan fingerprint density at radius 3 is 2.25 bits per heavy atom. The number of nitrogens with one attached hydrogen (secondary N) is 2. The molecule has 0 unspecified atom stereocenters. The minimum absolute atomic E-state index is 0.861. The average molecular weight is 372 g/mol. The van der Waals surface area contributed by atoms with Gasteiger partial charge in [0.2, 0.25) is 0 Å². The van der Waals surface area contributed by atoms with Crippen LogP contribution >= 0.6 is 0 Å². The van der Waals surface area contributed by atoms with Gasteiger partial charge in [0.25, 0.3) is 0 Å². The van der Waals surface area contributed by atoms with Gasteiger partial charge in [0.15, 0.2) is 0 Å². The average Bonchev–Trinajstić information content (AvgIpc) is 2.61. The molecule has 6 heteroatoms. The first-order valence-electron chi connectivity index (χ1n) is 8.39. The summed E-state index contributed by atoms with van der Waals surface area (Å²) in [5.74, 6) is 0. The van der Waals surface area contributed by atoms with E-state index in [0.29, 0.717) is 0 Å². The quantitative estimate of drug-likeness (QED) is 0.412. The van der Waals surface area contributed by atoms with Crippen molar-refractivity contribution in [2.45, 2.75) is 24.6 Å². The first-order valence-corrected chi connectivity index (χ1v) is 11.4. The zero-order chi connectivity index (χ0) is 17.8. The van der Waals surface area contributed by atoms with Gasteiger partial charge in [-0.3, -0.25) is 0 Å². The van der Waals surface area contributed by atoms with Crippen molar-refractivity contribution in [3.05, 3.63) is 42.0 Å². The Labute approximate surface area is 151 Å². The zero-order valence-electron chi connectivity index (χ0n) is 15.5. The molecule has 0 aliphatic carbocycles. The van der Waals surface area contributed by atoms with Crippen LogP contribution in [0, 0.1) is 0 Å². The maximum atomic E-state index is 5.46. The summed E-state index contributed by atoms with van der Waals surface area (Å²) in [6, 6.07) is 8.40. The van der Waals surface area contributed by atoms with E-state index in [2.05, 4.69) is 41.5 Å². The molecule has 1 aromatic carbocycles. The van der Waals surface area contributed by atoms with E-state index >= 15 is 0 Å². The summed E-state index contributed by atoms with van der Waals surface area (Å²) in [7, 11) is 5.02. The Morgan fingerprint density at radius 1 is 1.00 bits per heavy atom. The van der Waals surface area contributed by atoms with Crippen molar-refractivity contribution in [1.82, 2.24) is 10.6 Å². The summed E-state index contributed by atoms with van der Waals surface area (Å²) in [6.07, 6.45) is 0.994. The molecule has 136 valence electrons. The Balaban J connectivity index is 2.16. The van der Waals surface area contributed by atoms with Crippen molar-refractivity contribution < 1.29 is 27.7 Å². The first-order chi connectivity index (χ1) is 11.6. The van der Waals surface area contributed by atoms with Crippen LogP contribution in [0.1, 0.15) is 24.5 Å². The van der Waals surface area contributed by atoms with Crippen molar-refractivity contribution in [3.8, 4) is 0 Å². The number of hydrogen-bond acceptors (Lipinski definition) is 5. The van der Waals surface area contributed by atoms with Gasteiger partial charge in [-0.1, -0.05) is 0 Å². The molecule has 0 amide bonds. The second-order valence-corrected chi connectivity index (χ2v) is 10.6. The van der Waals surface area contributed by atoms with Crippen molar-refractivity contribution in [3.63, 3.8) is 0 Å². The van der Waals surface area contributed by atoms with Crippen LogP contribution in [0.5, 0.6) is 0 Å². The van der Waals surface area contributed by atoms with Crippen LogP contribution in [0.4, 0.5) is 0 Å². The molecule has 5 nitrogen and oxygen atoms in total. The van der Waals surface area contributed by atoms with E-state index in [1.54, 1.807) is 21.3 Å². The predicted octanol–water partition coefficient (Wildman–Crippen LogP) is 3.05. The summed E-state index contributed by atoms with van der Waals surface area (Å²) in [4.78, 5) is 0. The fourth-order valence-electron chi connectivity index (χ4n) is 2.60. The van der Waals surface area contributed by atoms with Crippen LogP contribution < -0.4 is 10.6 Å². The van der Waals surface area contributed by atoms with Crippen molar-refractivity contribution in [2.24, 2.45) is 0 Å². The normalized spacial score (nSPS) is 11.7. The third kappa shape index (κ3) is 7.15. The van der Waals surface area contributed by atoms with Crippen LogP contribution in [-0.2, 0) is 34.3 Å². The summed E-state index contributed by atoms with van der Waals surface area (Å²) in [6.45, 7) is 9.74. The third-order valence-electron chi connectivity index (χ3n) is 4.04. The monoisotopic (exact) mass is 372 g/mol. The summed E-state index contributed by atoms with van der Waals surface area (Å²) in [5, 5.41) is 6.91. The second-order valence-electron chi connectivity index (χ2n) is 5.76. The van der Waals surface area contributed by atoms with Gasteiger partial charge in [-0.15, -0.1) is 0 Å². The molecule has 1 aromatic rings. The van der Waals surface area contributed by atoms with E-state index in [1.165, 1.54) is 11.1 Å². The van der Waals surface area contributed by atoms with Gasteiger partial charge in [-0.05, 0) is 0 Å². The van der Waals surface area contributed by atoms with E-state index in [4.69, 9.17) is 9.96 Å². The minimum atomic E-state index is -2.94. The fourth-order valence-corrected chi connectivity index (χ4v) is 5.29. The van der Waals surface area contributed by atoms with E-state index in [0.717, 1.165) is 42.9 Å². The molecule has 1 rings (SSSR count). The Kier molecular flexibility index (Phi) is 10.7. The first kappa shape index (κ1) is 21.5. The van der Waals surface area contributed by atoms with Crippen LogP contribution in [0.25, 0.3) is 5.57 Å². The Bertz CT molecular complexity index is 485. The zero-order valence-corrected chi connectivity index (χ0v) is 17.0. The molecule has 0 saturated heterocycles. The van der Waals surface area contributed by atoms with Gasteiger partial charge in [0, 0.05) is 0 Å². The molecule has 0 saturated carbocycles. The van der Waals surface area contributed by atoms with Crippen LogP contribution in [0.2, 0.25) is 4.73 Å². The molecular weight excluding hydrogens is 340 g/mol. The summed E-state index contributed by atoms with van der Waals surface area (Å²) < 4.78 is 17.2. The molecule has 0 aliphatic heterocycles. The SMILES string of the molecule is C=C(C)c1ccccc1CNCCNCC[CH2][Ti]([O]C)([O]C)[O]C. The summed E-state index contributed by atoms with van der Waals surface area (Å²) >= 11 is -2.94.